The highest BCUT2D eigenvalue weighted by atomic mass is 19.4. The molecule has 1 fully saturated rings. The molecule has 0 aliphatic carbocycles. The largest absolute Gasteiger partial charge is 0.496 e. The van der Waals surface area contributed by atoms with Crippen molar-refractivity contribution in [3.8, 4) is 5.75 Å². The number of alkyl halides is 3. The average molecular weight is 404 g/mol. The second-order valence-corrected chi connectivity index (χ2v) is 6.17. The van der Waals surface area contributed by atoms with Gasteiger partial charge in [0.05, 0.1) is 33.0 Å². The van der Waals surface area contributed by atoms with Gasteiger partial charge < -0.3 is 19.1 Å². The summed E-state index contributed by atoms with van der Waals surface area (Å²) < 4.78 is 53.7. The van der Waals surface area contributed by atoms with Crippen LogP contribution in [0.1, 0.15) is 15.9 Å². The van der Waals surface area contributed by atoms with Gasteiger partial charge in [-0.25, -0.2) is 0 Å². The Hall–Kier alpha value is -2.33. The van der Waals surface area contributed by atoms with Crippen molar-refractivity contribution in [1.29, 1.82) is 0 Å². The van der Waals surface area contributed by atoms with Crippen LogP contribution in [0.2, 0.25) is 0 Å². The van der Waals surface area contributed by atoms with Crippen LogP contribution in [0.5, 0.6) is 5.75 Å². The number of methoxy groups -OCH3 is 2. The molecule has 1 saturated heterocycles. The molecule has 1 aromatic carbocycles. The maximum absolute atomic E-state index is 13.0. The van der Waals surface area contributed by atoms with Crippen LogP contribution in [-0.4, -0.2) is 81.8 Å². The van der Waals surface area contributed by atoms with Gasteiger partial charge in [-0.2, -0.15) is 13.2 Å². The number of hydrogen-bond donors (Lipinski definition) is 0. The van der Waals surface area contributed by atoms with Crippen LogP contribution in [0.25, 0.3) is 0 Å². The molecule has 1 amide bonds. The van der Waals surface area contributed by atoms with Crippen molar-refractivity contribution in [1.82, 2.24) is 9.80 Å². The van der Waals surface area contributed by atoms with Crippen molar-refractivity contribution in [2.45, 2.75) is 6.18 Å². The van der Waals surface area contributed by atoms with E-state index < -0.39 is 29.4 Å². The fourth-order valence-corrected chi connectivity index (χ4v) is 2.80. The van der Waals surface area contributed by atoms with Crippen LogP contribution < -0.4 is 4.74 Å². The summed E-state index contributed by atoms with van der Waals surface area (Å²) in [6, 6.07) is 2.90. The molecule has 156 valence electrons. The van der Waals surface area contributed by atoms with E-state index in [1.54, 1.807) is 0 Å². The number of hydrogen-bond acceptors (Lipinski definition) is 6. The number of nitrogens with zero attached hydrogens (tertiary/aromatic N) is 2. The van der Waals surface area contributed by atoms with E-state index in [0.29, 0.717) is 32.8 Å². The fraction of sp³-hybridized carbons (Fsp3) is 0.556. The van der Waals surface area contributed by atoms with E-state index in [2.05, 4.69) is 9.64 Å². The van der Waals surface area contributed by atoms with E-state index in [9.17, 15) is 22.8 Å². The molecule has 1 aliphatic rings. The predicted molar refractivity (Wildman–Crippen MR) is 93.2 cm³/mol. The summed E-state index contributed by atoms with van der Waals surface area (Å²) in [5, 5.41) is 0. The minimum absolute atomic E-state index is 0.00395. The summed E-state index contributed by atoms with van der Waals surface area (Å²) in [5.41, 5.74) is -0.977. The van der Waals surface area contributed by atoms with Gasteiger partial charge in [-0.1, -0.05) is 0 Å². The Balaban J connectivity index is 2.18. The van der Waals surface area contributed by atoms with Crippen LogP contribution in [0.4, 0.5) is 13.2 Å². The molecule has 0 aromatic heterocycles. The number of carbonyl (C=O) groups is 2. The first kappa shape index (κ1) is 22.0. The molecule has 0 spiro atoms. The van der Waals surface area contributed by atoms with Crippen molar-refractivity contribution < 1.29 is 37.0 Å². The zero-order chi connectivity index (χ0) is 20.7. The molecule has 0 saturated carbocycles. The highest BCUT2D eigenvalue weighted by Gasteiger charge is 2.35. The van der Waals surface area contributed by atoms with Crippen molar-refractivity contribution >= 4 is 11.9 Å². The summed E-state index contributed by atoms with van der Waals surface area (Å²) in [6.07, 6.45) is -4.60. The molecule has 1 aliphatic heterocycles. The highest BCUT2D eigenvalue weighted by Crippen LogP contribution is 2.36. The lowest BCUT2D eigenvalue weighted by Crippen LogP contribution is -2.44. The molecule has 0 atom stereocenters. The van der Waals surface area contributed by atoms with Gasteiger partial charge in [-0.15, -0.1) is 0 Å². The molecule has 7 nitrogen and oxygen atoms in total. The van der Waals surface area contributed by atoms with E-state index in [0.717, 1.165) is 25.3 Å². The van der Waals surface area contributed by atoms with Crippen LogP contribution in [0, 0.1) is 0 Å². The maximum atomic E-state index is 13.0. The topological polar surface area (TPSA) is 68.3 Å². The molecule has 0 radical (unpaired) electrons. The first-order valence-electron chi connectivity index (χ1n) is 8.67. The number of carbonyl (C=O) groups excluding carboxylic acids is 2. The molecule has 1 aromatic rings. The molecule has 28 heavy (non-hydrogen) atoms. The first-order valence-corrected chi connectivity index (χ1v) is 8.67. The van der Waals surface area contributed by atoms with Gasteiger partial charge in [0.25, 0.3) is 5.91 Å². The quantitative estimate of drug-likeness (QED) is 0.644. The summed E-state index contributed by atoms with van der Waals surface area (Å²) in [5.74, 6) is -1.65. The summed E-state index contributed by atoms with van der Waals surface area (Å²) in [4.78, 5) is 27.9. The zero-order valence-corrected chi connectivity index (χ0v) is 15.8. The van der Waals surface area contributed by atoms with Gasteiger partial charge in [-0.3, -0.25) is 14.5 Å². The molecule has 0 N–H and O–H groups in total. The average Bonchev–Trinajstić information content (AvgIpc) is 2.69. The Morgan fingerprint density at radius 3 is 2.46 bits per heavy atom. The number of morpholine rings is 1. The Labute approximate surface area is 160 Å². The van der Waals surface area contributed by atoms with E-state index in [4.69, 9.17) is 9.47 Å². The zero-order valence-electron chi connectivity index (χ0n) is 15.8. The van der Waals surface area contributed by atoms with Crippen molar-refractivity contribution in [3.63, 3.8) is 0 Å². The molecular weight excluding hydrogens is 381 g/mol. The third-order valence-electron chi connectivity index (χ3n) is 4.38. The predicted octanol–water partition coefficient (Wildman–Crippen LogP) is 1.66. The highest BCUT2D eigenvalue weighted by molar-refractivity contribution is 5.96. The van der Waals surface area contributed by atoms with Gasteiger partial charge >= 0.3 is 12.1 Å². The second-order valence-electron chi connectivity index (χ2n) is 6.17. The third kappa shape index (κ3) is 5.83. The summed E-state index contributed by atoms with van der Waals surface area (Å²) >= 11 is 0. The van der Waals surface area contributed by atoms with Crippen molar-refractivity contribution in [2.75, 3.05) is 60.2 Å². The smallest absolute Gasteiger partial charge is 0.419 e. The number of benzene rings is 1. The lowest BCUT2D eigenvalue weighted by atomic mass is 10.1. The van der Waals surface area contributed by atoms with Crippen LogP contribution >= 0.6 is 0 Å². The molecule has 1 heterocycles. The number of esters is 1. The Kier molecular flexibility index (Phi) is 7.64. The monoisotopic (exact) mass is 404 g/mol. The third-order valence-corrected chi connectivity index (χ3v) is 4.38. The van der Waals surface area contributed by atoms with E-state index in [1.807, 2.05) is 0 Å². The maximum Gasteiger partial charge on any atom is 0.419 e. The lowest BCUT2D eigenvalue weighted by Gasteiger charge is -2.29. The lowest BCUT2D eigenvalue weighted by molar-refractivity contribution is -0.141. The SMILES string of the molecule is COC(=O)CN(CCN1CCOCC1)C(=O)c1ccc(C(F)(F)F)c(OC)c1. The van der Waals surface area contributed by atoms with E-state index in [-0.39, 0.29) is 18.7 Å². The molecular formula is C18H23F3N2O5. The number of halogens is 3. The minimum Gasteiger partial charge on any atom is -0.496 e. The van der Waals surface area contributed by atoms with Crippen LogP contribution in [-0.2, 0) is 20.4 Å². The van der Waals surface area contributed by atoms with E-state index >= 15 is 0 Å². The number of amides is 1. The van der Waals surface area contributed by atoms with Crippen LogP contribution in [0.15, 0.2) is 18.2 Å². The van der Waals surface area contributed by atoms with Gasteiger partial charge in [0.2, 0.25) is 0 Å². The molecule has 2 rings (SSSR count). The Morgan fingerprint density at radius 2 is 1.89 bits per heavy atom. The van der Waals surface area contributed by atoms with Gasteiger partial charge in [0, 0.05) is 31.7 Å². The number of rotatable bonds is 7. The summed E-state index contributed by atoms with van der Waals surface area (Å²) in [6.45, 7) is 3.00. The molecule has 0 unspecified atom stereocenters. The molecule has 10 heteroatoms. The Bertz CT molecular complexity index is 690. The van der Waals surface area contributed by atoms with Crippen LogP contribution in [0.3, 0.4) is 0 Å². The van der Waals surface area contributed by atoms with Crippen molar-refractivity contribution in [2.24, 2.45) is 0 Å². The normalized spacial score (nSPS) is 15.2. The first-order chi connectivity index (χ1) is 13.3. The standard InChI is InChI=1S/C18H23F3N2O5/c1-26-15-11-13(3-4-14(15)18(19,20)21)17(25)23(12-16(24)27-2)6-5-22-7-9-28-10-8-22/h3-4,11H,5-10,12H2,1-2H3. The number of ether oxygens (including phenoxy) is 3. The second kappa shape index (κ2) is 9.74. The van der Waals surface area contributed by atoms with E-state index in [1.165, 1.54) is 12.0 Å². The Morgan fingerprint density at radius 1 is 1.21 bits per heavy atom. The fourth-order valence-electron chi connectivity index (χ4n) is 2.80. The van der Waals surface area contributed by atoms with Gasteiger partial charge in [0.1, 0.15) is 12.3 Å². The summed E-state index contributed by atoms with van der Waals surface area (Å²) in [7, 11) is 2.30. The van der Waals surface area contributed by atoms with Crippen molar-refractivity contribution in [3.05, 3.63) is 29.3 Å². The minimum atomic E-state index is -4.60. The van der Waals surface area contributed by atoms with Gasteiger partial charge in [-0.05, 0) is 18.2 Å². The molecule has 0 bridgehead atoms. The van der Waals surface area contributed by atoms with Gasteiger partial charge in [0.15, 0.2) is 0 Å².